The summed E-state index contributed by atoms with van der Waals surface area (Å²) in [6.45, 7) is 0.844. The number of nitrogens with one attached hydrogen (secondary N) is 2. The van der Waals surface area contributed by atoms with E-state index in [1.165, 1.54) is 0 Å². The van der Waals surface area contributed by atoms with E-state index < -0.39 is 0 Å². The molecule has 0 saturated heterocycles. The van der Waals surface area contributed by atoms with Gasteiger partial charge in [-0.15, -0.1) is 0 Å². The number of nitrogens with zero attached hydrogens (tertiary/aromatic N) is 1. The minimum absolute atomic E-state index is 0.299. The first-order valence-corrected chi connectivity index (χ1v) is 6.45. The Hall–Kier alpha value is -1.37. The number of hydrogen-bond donors (Lipinski definition) is 2. The Morgan fingerprint density at radius 1 is 1.35 bits per heavy atom. The fourth-order valence-electron chi connectivity index (χ4n) is 2.08. The highest BCUT2D eigenvalue weighted by Crippen LogP contribution is 2.28. The fourth-order valence-corrected chi connectivity index (χ4v) is 2.63. The number of rotatable bonds is 1. The SMILES string of the molecule is O=c1nc2c(c(-c3cccc(I)c3)[nH]1)CCN2. The third-order valence-electron chi connectivity index (χ3n) is 2.81. The van der Waals surface area contributed by atoms with Gasteiger partial charge in [0.2, 0.25) is 0 Å². The third kappa shape index (κ3) is 1.95. The number of hydrogen-bond acceptors (Lipinski definition) is 3. The van der Waals surface area contributed by atoms with Crippen LogP contribution >= 0.6 is 22.6 Å². The smallest absolute Gasteiger partial charge is 0.347 e. The van der Waals surface area contributed by atoms with Gasteiger partial charge in [-0.2, -0.15) is 4.98 Å². The van der Waals surface area contributed by atoms with Crippen molar-refractivity contribution >= 4 is 28.4 Å². The number of benzene rings is 1. The van der Waals surface area contributed by atoms with Crippen LogP contribution in [0.1, 0.15) is 5.56 Å². The topological polar surface area (TPSA) is 57.8 Å². The molecule has 3 rings (SSSR count). The first-order valence-electron chi connectivity index (χ1n) is 5.37. The summed E-state index contributed by atoms with van der Waals surface area (Å²) in [7, 11) is 0. The van der Waals surface area contributed by atoms with E-state index in [4.69, 9.17) is 0 Å². The van der Waals surface area contributed by atoms with Crippen LogP contribution in [0.25, 0.3) is 11.3 Å². The van der Waals surface area contributed by atoms with Gasteiger partial charge < -0.3 is 10.3 Å². The van der Waals surface area contributed by atoms with Gasteiger partial charge in [-0.05, 0) is 46.7 Å². The van der Waals surface area contributed by atoms with Gasteiger partial charge in [0.15, 0.2) is 0 Å². The van der Waals surface area contributed by atoms with Crippen LogP contribution in [0.2, 0.25) is 0 Å². The molecule has 0 unspecified atom stereocenters. The highest BCUT2D eigenvalue weighted by atomic mass is 127. The maximum Gasteiger partial charge on any atom is 0.347 e. The minimum Gasteiger partial charge on any atom is -0.369 e. The maximum absolute atomic E-state index is 11.5. The van der Waals surface area contributed by atoms with Gasteiger partial charge >= 0.3 is 5.69 Å². The van der Waals surface area contributed by atoms with Gasteiger partial charge in [-0.1, -0.05) is 12.1 Å². The zero-order valence-electron chi connectivity index (χ0n) is 8.96. The van der Waals surface area contributed by atoms with E-state index in [2.05, 4.69) is 43.9 Å². The Balaban J connectivity index is 2.24. The van der Waals surface area contributed by atoms with Crippen molar-refractivity contribution in [2.45, 2.75) is 6.42 Å². The number of anilines is 1. The summed E-state index contributed by atoms with van der Waals surface area (Å²) in [5, 5.41) is 3.13. The van der Waals surface area contributed by atoms with Gasteiger partial charge in [0.1, 0.15) is 5.82 Å². The summed E-state index contributed by atoms with van der Waals surface area (Å²) in [5.41, 5.74) is 2.73. The number of fused-ring (bicyclic) bond motifs is 1. The molecule has 1 aromatic carbocycles. The Morgan fingerprint density at radius 3 is 3.06 bits per heavy atom. The predicted octanol–water partition coefficient (Wildman–Crippen LogP) is 2.01. The molecule has 0 fully saturated rings. The standard InChI is InChI=1S/C12H10IN3O/c13-8-3-1-2-7(6-8)10-9-4-5-14-11(9)16-12(17)15-10/h1-3,6H,4-5H2,(H2,14,15,16,17). The van der Waals surface area contributed by atoms with Gasteiger partial charge in [0.25, 0.3) is 0 Å². The average molecular weight is 339 g/mol. The molecule has 5 heteroatoms. The van der Waals surface area contributed by atoms with Crippen molar-refractivity contribution in [3.8, 4) is 11.3 Å². The van der Waals surface area contributed by atoms with E-state index in [0.29, 0.717) is 0 Å². The van der Waals surface area contributed by atoms with Crippen LogP contribution in [-0.4, -0.2) is 16.5 Å². The molecule has 1 aromatic heterocycles. The molecule has 86 valence electrons. The van der Waals surface area contributed by atoms with Crippen LogP contribution in [0.5, 0.6) is 0 Å². The molecular weight excluding hydrogens is 329 g/mol. The highest BCUT2D eigenvalue weighted by Gasteiger charge is 2.18. The quantitative estimate of drug-likeness (QED) is 0.782. The summed E-state index contributed by atoms with van der Waals surface area (Å²) in [4.78, 5) is 18.3. The number of aromatic amines is 1. The van der Waals surface area contributed by atoms with Gasteiger partial charge in [-0.3, -0.25) is 0 Å². The molecule has 4 nitrogen and oxygen atoms in total. The molecule has 0 atom stereocenters. The summed E-state index contributed by atoms with van der Waals surface area (Å²) >= 11 is 2.27. The zero-order chi connectivity index (χ0) is 11.8. The van der Waals surface area contributed by atoms with E-state index in [-0.39, 0.29) is 5.69 Å². The molecule has 1 aliphatic heterocycles. The lowest BCUT2D eigenvalue weighted by Crippen LogP contribution is -2.13. The average Bonchev–Trinajstić information content (AvgIpc) is 2.75. The van der Waals surface area contributed by atoms with Gasteiger partial charge in [-0.25, -0.2) is 4.79 Å². The first kappa shape index (κ1) is 10.8. The molecule has 1 aliphatic rings. The molecule has 0 saturated carbocycles. The van der Waals surface area contributed by atoms with E-state index >= 15 is 0 Å². The third-order valence-corrected chi connectivity index (χ3v) is 3.48. The molecule has 17 heavy (non-hydrogen) atoms. The molecular formula is C12H10IN3O. The van der Waals surface area contributed by atoms with Crippen LogP contribution in [0, 0.1) is 3.57 Å². The summed E-state index contributed by atoms with van der Waals surface area (Å²) in [5.74, 6) is 0.725. The van der Waals surface area contributed by atoms with Gasteiger partial charge in [0, 0.05) is 15.7 Å². The largest absolute Gasteiger partial charge is 0.369 e. The molecule has 0 aliphatic carbocycles. The lowest BCUT2D eigenvalue weighted by atomic mass is 10.1. The van der Waals surface area contributed by atoms with Crippen LogP contribution in [0.3, 0.4) is 0 Å². The highest BCUT2D eigenvalue weighted by molar-refractivity contribution is 14.1. The summed E-state index contributed by atoms with van der Waals surface area (Å²) in [6.07, 6.45) is 0.903. The molecule has 0 amide bonds. The van der Waals surface area contributed by atoms with E-state index in [1.54, 1.807) is 0 Å². The second kappa shape index (κ2) is 4.14. The van der Waals surface area contributed by atoms with Crippen LogP contribution in [0.15, 0.2) is 29.1 Å². The molecule has 0 bridgehead atoms. The van der Waals surface area contributed by atoms with Gasteiger partial charge in [0.05, 0.1) is 5.69 Å². The Labute approximate surface area is 112 Å². The van der Waals surface area contributed by atoms with Crippen LogP contribution < -0.4 is 11.0 Å². The molecule has 0 spiro atoms. The Kier molecular flexibility index (Phi) is 2.62. The number of aromatic nitrogens is 2. The Bertz CT molecular complexity index is 636. The summed E-state index contributed by atoms with van der Waals surface area (Å²) < 4.78 is 1.15. The van der Waals surface area contributed by atoms with Crippen LogP contribution in [0.4, 0.5) is 5.82 Å². The lowest BCUT2D eigenvalue weighted by molar-refractivity contribution is 1.06. The van der Waals surface area contributed by atoms with E-state index in [0.717, 1.165) is 39.2 Å². The number of halogens is 1. The second-order valence-corrected chi connectivity index (χ2v) is 5.18. The fraction of sp³-hybridized carbons (Fsp3) is 0.167. The lowest BCUT2D eigenvalue weighted by Gasteiger charge is -2.07. The first-order chi connectivity index (χ1) is 8.24. The number of H-pyrrole nitrogens is 1. The monoisotopic (exact) mass is 339 g/mol. The van der Waals surface area contributed by atoms with Crippen molar-refractivity contribution in [2.24, 2.45) is 0 Å². The summed E-state index contributed by atoms with van der Waals surface area (Å²) in [6, 6.07) is 8.09. The molecule has 2 N–H and O–H groups in total. The molecule has 0 radical (unpaired) electrons. The van der Waals surface area contributed by atoms with Crippen molar-refractivity contribution in [2.75, 3.05) is 11.9 Å². The minimum atomic E-state index is -0.299. The molecule has 2 heterocycles. The normalized spacial score (nSPS) is 13.2. The predicted molar refractivity (Wildman–Crippen MR) is 75.2 cm³/mol. The maximum atomic E-state index is 11.5. The Morgan fingerprint density at radius 2 is 2.24 bits per heavy atom. The van der Waals surface area contributed by atoms with E-state index in [1.807, 2.05) is 18.2 Å². The van der Waals surface area contributed by atoms with Crippen molar-refractivity contribution in [1.29, 1.82) is 0 Å². The van der Waals surface area contributed by atoms with Crippen LogP contribution in [-0.2, 0) is 6.42 Å². The second-order valence-electron chi connectivity index (χ2n) is 3.93. The van der Waals surface area contributed by atoms with E-state index in [9.17, 15) is 4.79 Å². The molecule has 2 aromatic rings. The van der Waals surface area contributed by atoms with Crippen molar-refractivity contribution < 1.29 is 0 Å². The van der Waals surface area contributed by atoms with Crippen molar-refractivity contribution in [3.05, 3.63) is 43.9 Å². The zero-order valence-corrected chi connectivity index (χ0v) is 11.1. The van der Waals surface area contributed by atoms with Crippen molar-refractivity contribution in [3.63, 3.8) is 0 Å². The van der Waals surface area contributed by atoms with Crippen molar-refractivity contribution in [1.82, 2.24) is 9.97 Å².